The van der Waals surface area contributed by atoms with Crippen molar-refractivity contribution in [2.75, 3.05) is 13.1 Å². The first kappa shape index (κ1) is 18.1. The van der Waals surface area contributed by atoms with Crippen molar-refractivity contribution in [1.82, 2.24) is 9.29 Å². The monoisotopic (exact) mass is 355 g/mol. The first-order valence-corrected chi connectivity index (χ1v) is 9.13. The van der Waals surface area contributed by atoms with Crippen LogP contribution in [0.15, 0.2) is 41.6 Å². The summed E-state index contributed by atoms with van der Waals surface area (Å²) >= 11 is 0. The smallest absolute Gasteiger partial charge is 0.243 e. The summed E-state index contributed by atoms with van der Waals surface area (Å²) in [5, 5.41) is 1.57. The van der Waals surface area contributed by atoms with Gasteiger partial charge in [-0.25, -0.2) is 8.42 Å². The molecule has 126 valence electrons. The zero-order valence-electron chi connectivity index (χ0n) is 12.9. The van der Waals surface area contributed by atoms with Crippen molar-refractivity contribution in [3.63, 3.8) is 0 Å². The fraction of sp³-hybridized carbons (Fsp3) is 0.438. The minimum atomic E-state index is -3.51. The molecule has 2 heterocycles. The normalized spacial score (nSPS) is 19.4. The number of piperidine rings is 1. The zero-order valence-corrected chi connectivity index (χ0v) is 14.5. The molecule has 1 aliphatic rings. The molecule has 0 bridgehead atoms. The Labute approximate surface area is 143 Å². The van der Waals surface area contributed by atoms with Crippen LogP contribution in [0.25, 0.3) is 10.8 Å². The Morgan fingerprint density at radius 3 is 2.87 bits per heavy atom. The molecule has 1 aromatic carbocycles. The molecule has 1 atom stereocenters. The molecule has 0 spiro atoms. The molecule has 7 heteroatoms. The minimum absolute atomic E-state index is 0. The Bertz CT molecular complexity index is 760. The van der Waals surface area contributed by atoms with Gasteiger partial charge < -0.3 is 5.73 Å². The van der Waals surface area contributed by atoms with E-state index in [1.807, 2.05) is 6.07 Å². The van der Waals surface area contributed by atoms with Crippen LogP contribution in [0.1, 0.15) is 25.7 Å². The largest absolute Gasteiger partial charge is 0.330 e. The summed E-state index contributed by atoms with van der Waals surface area (Å²) in [5.41, 5.74) is 5.66. The maximum atomic E-state index is 13.2. The van der Waals surface area contributed by atoms with Crippen LogP contribution < -0.4 is 5.73 Å². The van der Waals surface area contributed by atoms with Gasteiger partial charge in [-0.3, -0.25) is 4.98 Å². The summed E-state index contributed by atoms with van der Waals surface area (Å²) in [5.74, 6) is 0. The van der Waals surface area contributed by atoms with Gasteiger partial charge >= 0.3 is 0 Å². The van der Waals surface area contributed by atoms with Crippen LogP contribution in [0.5, 0.6) is 0 Å². The maximum Gasteiger partial charge on any atom is 0.243 e. The molecule has 0 amide bonds. The number of nitrogens with zero attached hydrogens (tertiary/aromatic N) is 2. The van der Waals surface area contributed by atoms with Gasteiger partial charge in [0, 0.05) is 35.8 Å². The van der Waals surface area contributed by atoms with E-state index in [9.17, 15) is 8.42 Å². The van der Waals surface area contributed by atoms with E-state index in [-0.39, 0.29) is 18.4 Å². The van der Waals surface area contributed by atoms with Crippen LogP contribution in [0, 0.1) is 0 Å². The number of benzene rings is 1. The zero-order chi connectivity index (χ0) is 15.6. The summed E-state index contributed by atoms with van der Waals surface area (Å²) in [6.07, 6.45) is 6.91. The van der Waals surface area contributed by atoms with Crippen molar-refractivity contribution in [1.29, 1.82) is 0 Å². The van der Waals surface area contributed by atoms with E-state index >= 15 is 0 Å². The highest BCUT2D eigenvalue weighted by molar-refractivity contribution is 7.89. The van der Waals surface area contributed by atoms with Gasteiger partial charge in [-0.2, -0.15) is 4.31 Å². The fourth-order valence-corrected chi connectivity index (χ4v) is 5.16. The van der Waals surface area contributed by atoms with Crippen LogP contribution in [0.4, 0.5) is 0 Å². The van der Waals surface area contributed by atoms with E-state index in [2.05, 4.69) is 4.98 Å². The molecule has 1 fully saturated rings. The maximum absolute atomic E-state index is 13.2. The highest BCUT2D eigenvalue weighted by atomic mass is 35.5. The van der Waals surface area contributed by atoms with Crippen LogP contribution in [-0.4, -0.2) is 36.8 Å². The van der Waals surface area contributed by atoms with Crippen molar-refractivity contribution < 1.29 is 8.42 Å². The Morgan fingerprint density at radius 2 is 2.09 bits per heavy atom. The van der Waals surface area contributed by atoms with Crippen LogP contribution in [0.2, 0.25) is 0 Å². The summed E-state index contributed by atoms with van der Waals surface area (Å²) in [6, 6.07) is 7.13. The van der Waals surface area contributed by atoms with E-state index in [4.69, 9.17) is 5.73 Å². The number of hydrogen-bond donors (Lipinski definition) is 1. The second-order valence-corrected chi connectivity index (χ2v) is 7.55. The number of aromatic nitrogens is 1. The van der Waals surface area contributed by atoms with Crippen molar-refractivity contribution in [3.8, 4) is 0 Å². The highest BCUT2D eigenvalue weighted by Crippen LogP contribution is 2.30. The number of halogens is 1. The molecule has 0 aliphatic carbocycles. The van der Waals surface area contributed by atoms with Gasteiger partial charge in [0.2, 0.25) is 10.0 Å². The predicted octanol–water partition coefficient (Wildman–Crippen LogP) is 2.55. The van der Waals surface area contributed by atoms with Gasteiger partial charge in [0.05, 0.1) is 4.90 Å². The summed E-state index contributed by atoms with van der Waals surface area (Å²) in [7, 11) is -3.51. The molecule has 0 saturated carbocycles. The van der Waals surface area contributed by atoms with E-state index in [1.165, 1.54) is 0 Å². The minimum Gasteiger partial charge on any atom is -0.330 e. The van der Waals surface area contributed by atoms with Gasteiger partial charge in [0.1, 0.15) is 0 Å². The van der Waals surface area contributed by atoms with E-state index < -0.39 is 10.0 Å². The fourth-order valence-electron chi connectivity index (χ4n) is 3.22. The van der Waals surface area contributed by atoms with Gasteiger partial charge in [0.25, 0.3) is 0 Å². The predicted molar refractivity (Wildman–Crippen MR) is 94.2 cm³/mol. The number of hydrogen-bond acceptors (Lipinski definition) is 4. The molecule has 2 aromatic rings. The third-order valence-corrected chi connectivity index (χ3v) is 6.31. The second kappa shape index (κ2) is 7.57. The summed E-state index contributed by atoms with van der Waals surface area (Å²) in [4.78, 5) is 4.44. The molecule has 23 heavy (non-hydrogen) atoms. The average molecular weight is 356 g/mol. The van der Waals surface area contributed by atoms with Gasteiger partial charge in [-0.15, -0.1) is 12.4 Å². The topological polar surface area (TPSA) is 76.3 Å². The summed E-state index contributed by atoms with van der Waals surface area (Å²) < 4.78 is 28.0. The van der Waals surface area contributed by atoms with Crippen molar-refractivity contribution in [2.45, 2.75) is 36.6 Å². The first-order valence-electron chi connectivity index (χ1n) is 7.69. The second-order valence-electron chi connectivity index (χ2n) is 5.70. The van der Waals surface area contributed by atoms with E-state index in [0.717, 1.165) is 30.0 Å². The van der Waals surface area contributed by atoms with Gasteiger partial charge in [0.15, 0.2) is 0 Å². The number of sulfonamides is 1. The molecule has 2 N–H and O–H groups in total. The van der Waals surface area contributed by atoms with Crippen LogP contribution in [0.3, 0.4) is 0 Å². The Hall–Kier alpha value is -1.21. The molecule has 1 saturated heterocycles. The molecular weight excluding hydrogens is 334 g/mol. The number of rotatable bonds is 4. The molecule has 1 aromatic heterocycles. The van der Waals surface area contributed by atoms with E-state index in [1.54, 1.807) is 34.9 Å². The summed E-state index contributed by atoms with van der Waals surface area (Å²) in [6.45, 7) is 1.09. The van der Waals surface area contributed by atoms with Crippen LogP contribution >= 0.6 is 12.4 Å². The lowest BCUT2D eigenvalue weighted by Crippen LogP contribution is -2.44. The van der Waals surface area contributed by atoms with Crippen LogP contribution in [-0.2, 0) is 10.0 Å². The lowest BCUT2D eigenvalue weighted by molar-refractivity contribution is 0.243. The Balaban J connectivity index is 0.00000192. The van der Waals surface area contributed by atoms with Gasteiger partial charge in [-0.1, -0.05) is 18.6 Å². The first-order chi connectivity index (χ1) is 10.6. The quantitative estimate of drug-likeness (QED) is 0.914. The third-order valence-electron chi connectivity index (χ3n) is 4.30. The molecule has 3 rings (SSSR count). The highest BCUT2D eigenvalue weighted by Gasteiger charge is 2.33. The Morgan fingerprint density at radius 1 is 1.26 bits per heavy atom. The number of pyridine rings is 1. The lowest BCUT2D eigenvalue weighted by atomic mass is 10.0. The molecule has 0 radical (unpaired) electrons. The molecule has 1 aliphatic heterocycles. The number of nitrogens with two attached hydrogens (primary N) is 1. The SMILES string of the molecule is Cl.NCCC1CCCCN1S(=O)(=O)c1cccc2cnccc12. The Kier molecular flexibility index (Phi) is 5.97. The molecule has 5 nitrogen and oxygen atoms in total. The average Bonchev–Trinajstić information content (AvgIpc) is 2.55. The number of fused-ring (bicyclic) bond motifs is 1. The standard InChI is InChI=1S/C16H21N3O2S.ClH/c17-9-7-14-5-1-2-11-19(14)22(20,21)16-6-3-4-13-12-18-10-8-15(13)16;/h3-4,6,8,10,12,14H,1-2,5,7,9,11,17H2;1H. The van der Waals surface area contributed by atoms with Crippen molar-refractivity contribution >= 4 is 33.2 Å². The van der Waals surface area contributed by atoms with Gasteiger partial charge in [-0.05, 0) is 37.9 Å². The molecule has 1 unspecified atom stereocenters. The lowest BCUT2D eigenvalue weighted by Gasteiger charge is -2.34. The van der Waals surface area contributed by atoms with Crippen molar-refractivity contribution in [2.24, 2.45) is 5.73 Å². The van der Waals surface area contributed by atoms with E-state index in [0.29, 0.717) is 24.4 Å². The van der Waals surface area contributed by atoms with Crippen molar-refractivity contribution in [3.05, 3.63) is 36.7 Å². The molecular formula is C16H22ClN3O2S. The third kappa shape index (κ3) is 3.50.